The highest BCUT2D eigenvalue weighted by atomic mass is 35.5. The Kier molecular flexibility index (Phi) is 8.12. The van der Waals surface area contributed by atoms with E-state index in [2.05, 4.69) is 15.4 Å². The van der Waals surface area contributed by atoms with Crippen LogP contribution in [0.5, 0.6) is 11.5 Å². The number of carbonyl (C=O) groups excluding carboxylic acids is 2. The molecule has 2 amide bonds. The van der Waals surface area contributed by atoms with Crippen LogP contribution in [0.25, 0.3) is 10.8 Å². The third kappa shape index (κ3) is 6.16. The molecule has 0 radical (unpaired) electrons. The Morgan fingerprint density at radius 1 is 0.975 bits per heavy atom. The zero-order valence-electron chi connectivity index (χ0n) is 21.4. The highest BCUT2D eigenvalue weighted by molar-refractivity contribution is 6.32. The Bertz CT molecular complexity index is 1570. The number of phenols is 1. The molecular weight excluding hydrogens is 535 g/mol. The summed E-state index contributed by atoms with van der Waals surface area (Å²) in [7, 11) is 0. The number of anilines is 1. The minimum atomic E-state index is -0.473. The number of hydrogen-bond donors (Lipinski definition) is 2. The molecule has 5 rings (SSSR count). The number of nitrogens with zero attached hydrogens (tertiary/aromatic N) is 3. The van der Waals surface area contributed by atoms with Crippen molar-refractivity contribution in [3.05, 3.63) is 101 Å². The summed E-state index contributed by atoms with van der Waals surface area (Å²) in [6.07, 6.45) is 1.53. The number of rotatable bonds is 7. The van der Waals surface area contributed by atoms with Gasteiger partial charge in [0.05, 0.1) is 11.2 Å². The van der Waals surface area contributed by atoms with Gasteiger partial charge in [0, 0.05) is 48.4 Å². The van der Waals surface area contributed by atoms with Crippen LogP contribution < -0.4 is 15.1 Å². The van der Waals surface area contributed by atoms with Crippen LogP contribution in [0.4, 0.5) is 10.1 Å². The molecule has 1 heterocycles. The molecule has 0 atom stereocenters. The first-order chi connectivity index (χ1) is 19.4. The van der Waals surface area contributed by atoms with Gasteiger partial charge in [-0.05, 0) is 60.0 Å². The number of aromatic hydroxyl groups is 1. The lowest BCUT2D eigenvalue weighted by Gasteiger charge is -2.36. The maximum Gasteiger partial charge on any atom is 0.271 e. The molecule has 1 aliphatic rings. The summed E-state index contributed by atoms with van der Waals surface area (Å²) >= 11 is 5.87. The molecular formula is C30H26ClFN4O4. The van der Waals surface area contributed by atoms with E-state index in [0.717, 1.165) is 22.0 Å². The van der Waals surface area contributed by atoms with Crippen molar-refractivity contribution in [3.63, 3.8) is 0 Å². The highest BCUT2D eigenvalue weighted by Crippen LogP contribution is 2.28. The molecule has 0 unspecified atom stereocenters. The molecule has 1 aliphatic heterocycles. The van der Waals surface area contributed by atoms with E-state index in [0.29, 0.717) is 31.9 Å². The zero-order chi connectivity index (χ0) is 28.1. The molecule has 0 bridgehead atoms. The number of nitrogens with one attached hydrogen (secondary N) is 1. The molecule has 0 aromatic heterocycles. The van der Waals surface area contributed by atoms with Gasteiger partial charge in [0.2, 0.25) is 0 Å². The molecule has 4 aromatic rings. The van der Waals surface area contributed by atoms with Crippen LogP contribution in [0.15, 0.2) is 84.0 Å². The van der Waals surface area contributed by atoms with E-state index < -0.39 is 5.91 Å². The second kappa shape index (κ2) is 12.0. The predicted octanol–water partition coefficient (Wildman–Crippen LogP) is 4.83. The molecule has 1 fully saturated rings. The Hall–Kier alpha value is -4.63. The summed E-state index contributed by atoms with van der Waals surface area (Å²) in [5.74, 6) is -0.397. The van der Waals surface area contributed by atoms with Crippen LogP contribution in [0.2, 0.25) is 5.02 Å². The van der Waals surface area contributed by atoms with Crippen molar-refractivity contribution in [2.24, 2.45) is 5.10 Å². The third-order valence-electron chi connectivity index (χ3n) is 6.67. The van der Waals surface area contributed by atoms with Crippen molar-refractivity contribution in [3.8, 4) is 11.5 Å². The number of hydrazone groups is 1. The van der Waals surface area contributed by atoms with Gasteiger partial charge in [0.25, 0.3) is 11.8 Å². The monoisotopic (exact) mass is 560 g/mol. The topological polar surface area (TPSA) is 94.5 Å². The SMILES string of the molecule is O=C(N/N=C/c1ccc(OCC(=O)N2CCN(c3ccc(F)cc3)CC2)c2ccccc12)c1ccc(O)c(Cl)c1. The van der Waals surface area contributed by atoms with Crippen molar-refractivity contribution in [2.75, 3.05) is 37.7 Å². The molecule has 2 N–H and O–H groups in total. The average Bonchev–Trinajstić information content (AvgIpc) is 2.98. The van der Waals surface area contributed by atoms with Gasteiger partial charge < -0.3 is 19.6 Å². The molecule has 1 saturated heterocycles. The highest BCUT2D eigenvalue weighted by Gasteiger charge is 2.22. The van der Waals surface area contributed by atoms with Crippen LogP contribution in [0, 0.1) is 5.82 Å². The van der Waals surface area contributed by atoms with Gasteiger partial charge in [-0.1, -0.05) is 35.9 Å². The first-order valence-corrected chi connectivity index (χ1v) is 13.0. The van der Waals surface area contributed by atoms with Crippen molar-refractivity contribution >= 4 is 46.1 Å². The van der Waals surface area contributed by atoms with Crippen molar-refractivity contribution in [1.29, 1.82) is 0 Å². The fraction of sp³-hybridized carbons (Fsp3) is 0.167. The lowest BCUT2D eigenvalue weighted by Crippen LogP contribution is -2.50. The molecule has 4 aromatic carbocycles. The van der Waals surface area contributed by atoms with E-state index in [-0.39, 0.29) is 34.7 Å². The first-order valence-electron chi connectivity index (χ1n) is 12.6. The summed E-state index contributed by atoms with van der Waals surface area (Å²) < 4.78 is 19.2. The van der Waals surface area contributed by atoms with Crippen molar-refractivity contribution < 1.29 is 23.8 Å². The normalized spacial score (nSPS) is 13.6. The molecule has 8 nitrogen and oxygen atoms in total. The number of hydrogen-bond acceptors (Lipinski definition) is 6. The Morgan fingerprint density at radius 2 is 1.70 bits per heavy atom. The smallest absolute Gasteiger partial charge is 0.271 e. The first kappa shape index (κ1) is 27.0. The minimum Gasteiger partial charge on any atom is -0.506 e. The molecule has 40 heavy (non-hydrogen) atoms. The van der Waals surface area contributed by atoms with Crippen molar-refractivity contribution in [1.82, 2.24) is 10.3 Å². The van der Waals surface area contributed by atoms with E-state index >= 15 is 0 Å². The molecule has 10 heteroatoms. The lowest BCUT2D eigenvalue weighted by atomic mass is 10.0. The van der Waals surface area contributed by atoms with Gasteiger partial charge in [-0.2, -0.15) is 5.10 Å². The summed E-state index contributed by atoms with van der Waals surface area (Å²) in [5, 5.41) is 15.3. The minimum absolute atomic E-state index is 0.0731. The fourth-order valence-corrected chi connectivity index (χ4v) is 4.68. The summed E-state index contributed by atoms with van der Waals surface area (Å²) in [6.45, 7) is 2.32. The number of halogens is 2. The largest absolute Gasteiger partial charge is 0.506 e. The second-order valence-electron chi connectivity index (χ2n) is 9.20. The Labute approximate surface area is 235 Å². The molecule has 0 spiro atoms. The number of phenolic OH excluding ortho intramolecular Hbond substituents is 1. The van der Waals surface area contributed by atoms with Gasteiger partial charge in [0.1, 0.15) is 17.3 Å². The molecule has 0 aliphatic carbocycles. The van der Waals surface area contributed by atoms with E-state index in [1.807, 2.05) is 24.3 Å². The second-order valence-corrected chi connectivity index (χ2v) is 9.60. The van der Waals surface area contributed by atoms with Crippen LogP contribution in [0.3, 0.4) is 0 Å². The molecule has 0 saturated carbocycles. The van der Waals surface area contributed by atoms with Gasteiger partial charge in [-0.3, -0.25) is 9.59 Å². The van der Waals surface area contributed by atoms with E-state index in [9.17, 15) is 19.1 Å². The third-order valence-corrected chi connectivity index (χ3v) is 6.98. The standard InChI is InChI=1S/C30H26ClFN4O4/c31-26-17-20(5-11-27(26)37)30(39)34-33-18-21-6-12-28(25-4-2-1-3-24(21)25)40-19-29(38)36-15-13-35(14-16-36)23-9-7-22(32)8-10-23/h1-12,17-18,37H,13-16,19H2,(H,34,39)/b33-18+. The summed E-state index contributed by atoms with van der Waals surface area (Å²) in [6, 6.07) is 21.6. The van der Waals surface area contributed by atoms with Crippen LogP contribution >= 0.6 is 11.6 Å². The van der Waals surface area contributed by atoms with Gasteiger partial charge in [-0.25, -0.2) is 9.82 Å². The maximum atomic E-state index is 13.2. The zero-order valence-corrected chi connectivity index (χ0v) is 22.1. The number of benzene rings is 4. The average molecular weight is 561 g/mol. The van der Waals surface area contributed by atoms with Gasteiger partial charge >= 0.3 is 0 Å². The van der Waals surface area contributed by atoms with E-state index in [1.165, 1.54) is 36.5 Å². The molecule has 204 valence electrons. The number of ether oxygens (including phenoxy) is 1. The van der Waals surface area contributed by atoms with E-state index in [1.54, 1.807) is 29.2 Å². The van der Waals surface area contributed by atoms with Crippen LogP contribution in [-0.2, 0) is 4.79 Å². The number of fused-ring (bicyclic) bond motifs is 1. The van der Waals surface area contributed by atoms with Crippen LogP contribution in [-0.4, -0.2) is 60.8 Å². The quantitative estimate of drug-likeness (QED) is 0.249. The lowest BCUT2D eigenvalue weighted by molar-refractivity contribution is -0.133. The van der Waals surface area contributed by atoms with Gasteiger partial charge in [-0.15, -0.1) is 0 Å². The summed E-state index contributed by atoms with van der Waals surface area (Å²) in [5.41, 5.74) is 4.39. The van der Waals surface area contributed by atoms with Crippen LogP contribution in [0.1, 0.15) is 15.9 Å². The van der Waals surface area contributed by atoms with Gasteiger partial charge in [0.15, 0.2) is 6.61 Å². The Balaban J connectivity index is 1.20. The Morgan fingerprint density at radius 3 is 2.42 bits per heavy atom. The number of amides is 2. The fourth-order valence-electron chi connectivity index (χ4n) is 4.50. The maximum absolute atomic E-state index is 13.2. The van der Waals surface area contributed by atoms with E-state index in [4.69, 9.17) is 16.3 Å². The number of carbonyl (C=O) groups is 2. The predicted molar refractivity (Wildman–Crippen MR) is 153 cm³/mol. The number of piperazine rings is 1. The van der Waals surface area contributed by atoms with Crippen molar-refractivity contribution in [2.45, 2.75) is 0 Å². The summed E-state index contributed by atoms with van der Waals surface area (Å²) in [4.78, 5) is 29.1.